The molecule has 1 aliphatic carbocycles. The number of hydrogen-bond acceptors (Lipinski definition) is 6. The summed E-state index contributed by atoms with van der Waals surface area (Å²) in [6, 6.07) is 0.212. The maximum absolute atomic E-state index is 9.18. The molecule has 1 aromatic rings. The summed E-state index contributed by atoms with van der Waals surface area (Å²) >= 11 is 5.75. The minimum absolute atomic E-state index is 0.00904. The molecular weight excluding hydrogens is 244 g/mol. The summed E-state index contributed by atoms with van der Waals surface area (Å²) in [5.41, 5.74) is -0.00904. The molecule has 0 aliphatic heterocycles. The maximum atomic E-state index is 9.18. The lowest BCUT2D eigenvalue weighted by atomic mass is 10.1. The van der Waals surface area contributed by atoms with Crippen LogP contribution < -0.4 is 10.1 Å². The first-order valence-corrected chi connectivity index (χ1v) is 5.94. The summed E-state index contributed by atoms with van der Waals surface area (Å²) < 4.78 is 5.17. The highest BCUT2D eigenvalue weighted by atomic mass is 35.5. The van der Waals surface area contributed by atoms with Gasteiger partial charge in [-0.05, 0) is 31.4 Å². The Balaban J connectivity index is 2.00. The number of nitrogens with one attached hydrogen (secondary N) is 1. The monoisotopic (exact) mass is 258 g/mol. The molecule has 0 spiro atoms. The Morgan fingerprint density at radius 1 is 1.41 bits per heavy atom. The highest BCUT2D eigenvalue weighted by molar-refractivity contribution is 6.28. The molecule has 2 N–H and O–H groups in total. The summed E-state index contributed by atoms with van der Waals surface area (Å²) in [6.07, 6.45) is 2.04. The van der Waals surface area contributed by atoms with Gasteiger partial charge in [-0.1, -0.05) is 0 Å². The number of nitrogens with zero attached hydrogens (tertiary/aromatic N) is 3. The maximum Gasteiger partial charge on any atom is 0.322 e. The Morgan fingerprint density at radius 3 is 2.76 bits per heavy atom. The van der Waals surface area contributed by atoms with Crippen molar-refractivity contribution in [2.75, 3.05) is 25.1 Å². The Kier molecular flexibility index (Phi) is 3.63. The van der Waals surface area contributed by atoms with Crippen molar-refractivity contribution in [1.29, 1.82) is 0 Å². The first-order valence-electron chi connectivity index (χ1n) is 5.56. The van der Waals surface area contributed by atoms with E-state index in [0.717, 1.165) is 12.8 Å². The second-order valence-electron chi connectivity index (χ2n) is 4.16. The molecular formula is C10H15ClN4O2. The molecule has 6 nitrogen and oxygen atoms in total. The van der Waals surface area contributed by atoms with Gasteiger partial charge < -0.3 is 15.2 Å². The van der Waals surface area contributed by atoms with Crippen LogP contribution in [0.4, 0.5) is 5.95 Å². The van der Waals surface area contributed by atoms with Crippen molar-refractivity contribution in [3.63, 3.8) is 0 Å². The number of ether oxygens (including phenoxy) is 1. The van der Waals surface area contributed by atoms with E-state index in [9.17, 15) is 5.11 Å². The normalized spacial score (nSPS) is 16.6. The largest absolute Gasteiger partial charge is 0.464 e. The number of halogens is 1. The molecule has 0 radical (unpaired) electrons. The molecule has 0 amide bonds. The molecule has 0 saturated heterocycles. The number of aliphatic hydroxyl groups excluding tert-OH is 1. The van der Waals surface area contributed by atoms with Gasteiger partial charge in [-0.2, -0.15) is 15.0 Å². The predicted octanol–water partition coefficient (Wildman–Crippen LogP) is 1.11. The average Bonchev–Trinajstić information content (AvgIpc) is 3.07. The molecule has 1 aromatic heterocycles. The quantitative estimate of drug-likeness (QED) is 0.796. The highest BCUT2D eigenvalue weighted by Crippen LogP contribution is 2.44. The van der Waals surface area contributed by atoms with Crippen LogP contribution in [-0.4, -0.2) is 39.8 Å². The van der Waals surface area contributed by atoms with Crippen LogP contribution in [0, 0.1) is 5.41 Å². The van der Waals surface area contributed by atoms with E-state index >= 15 is 0 Å². The van der Waals surface area contributed by atoms with Crippen molar-refractivity contribution in [3.8, 4) is 6.01 Å². The molecule has 1 fully saturated rings. The van der Waals surface area contributed by atoms with Gasteiger partial charge in [0, 0.05) is 12.0 Å². The Labute approximate surface area is 104 Å². The molecule has 94 valence electrons. The zero-order valence-corrected chi connectivity index (χ0v) is 10.4. The van der Waals surface area contributed by atoms with E-state index in [1.165, 1.54) is 0 Å². The van der Waals surface area contributed by atoms with Gasteiger partial charge in [-0.25, -0.2) is 0 Å². The van der Waals surface area contributed by atoms with Crippen LogP contribution >= 0.6 is 11.6 Å². The number of aliphatic hydroxyl groups is 1. The summed E-state index contributed by atoms with van der Waals surface area (Å²) in [7, 11) is 0. The number of rotatable bonds is 6. The fourth-order valence-electron chi connectivity index (χ4n) is 1.44. The van der Waals surface area contributed by atoms with Crippen molar-refractivity contribution >= 4 is 17.5 Å². The fraction of sp³-hybridized carbons (Fsp3) is 0.700. The molecule has 7 heteroatoms. The van der Waals surface area contributed by atoms with Crippen LogP contribution in [0.5, 0.6) is 6.01 Å². The minimum atomic E-state index is -0.00904. The summed E-state index contributed by atoms with van der Waals surface area (Å²) in [5, 5.41) is 12.3. The first kappa shape index (κ1) is 12.3. The van der Waals surface area contributed by atoms with Crippen molar-refractivity contribution < 1.29 is 9.84 Å². The van der Waals surface area contributed by atoms with Crippen molar-refractivity contribution in [2.24, 2.45) is 5.41 Å². The van der Waals surface area contributed by atoms with E-state index in [2.05, 4.69) is 20.3 Å². The minimum Gasteiger partial charge on any atom is -0.464 e. The zero-order valence-electron chi connectivity index (χ0n) is 9.61. The first-order chi connectivity index (χ1) is 8.17. The van der Waals surface area contributed by atoms with Crippen LogP contribution in [0.2, 0.25) is 5.28 Å². The van der Waals surface area contributed by atoms with Crippen molar-refractivity contribution in [1.82, 2.24) is 15.0 Å². The fourth-order valence-corrected chi connectivity index (χ4v) is 1.59. The van der Waals surface area contributed by atoms with Crippen LogP contribution in [-0.2, 0) is 0 Å². The Hall–Kier alpha value is -1.14. The highest BCUT2D eigenvalue weighted by Gasteiger charge is 2.41. The third kappa shape index (κ3) is 3.17. The van der Waals surface area contributed by atoms with Crippen LogP contribution in [0.3, 0.4) is 0 Å². The second-order valence-corrected chi connectivity index (χ2v) is 4.49. The molecule has 0 bridgehead atoms. The van der Waals surface area contributed by atoms with Crippen LogP contribution in [0.15, 0.2) is 0 Å². The predicted molar refractivity (Wildman–Crippen MR) is 63.2 cm³/mol. The standard InChI is InChI=1S/C10H15ClN4O2/c1-2-17-9-14-7(11)13-8(15-9)12-5-10(6-16)3-4-10/h16H,2-6H2,1H3,(H,12,13,14,15). The summed E-state index contributed by atoms with van der Waals surface area (Å²) in [5.74, 6) is 0.383. The third-order valence-corrected chi connectivity index (χ3v) is 2.94. The number of aromatic nitrogens is 3. The average molecular weight is 259 g/mol. The lowest BCUT2D eigenvalue weighted by Gasteiger charge is -2.12. The van der Waals surface area contributed by atoms with Gasteiger partial charge >= 0.3 is 6.01 Å². The van der Waals surface area contributed by atoms with Crippen LogP contribution in [0.25, 0.3) is 0 Å². The lowest BCUT2D eigenvalue weighted by Crippen LogP contribution is -2.20. The molecule has 1 aliphatic rings. The van der Waals surface area contributed by atoms with E-state index in [1.807, 2.05) is 6.92 Å². The van der Waals surface area contributed by atoms with Gasteiger partial charge in [-0.3, -0.25) is 0 Å². The molecule has 1 heterocycles. The van der Waals surface area contributed by atoms with E-state index < -0.39 is 0 Å². The molecule has 1 saturated carbocycles. The Morgan fingerprint density at radius 2 is 2.18 bits per heavy atom. The van der Waals surface area contributed by atoms with Gasteiger partial charge in [0.1, 0.15) is 0 Å². The number of hydrogen-bond donors (Lipinski definition) is 2. The lowest BCUT2D eigenvalue weighted by molar-refractivity contribution is 0.219. The van der Waals surface area contributed by atoms with E-state index in [0.29, 0.717) is 19.1 Å². The van der Waals surface area contributed by atoms with Gasteiger partial charge in [0.25, 0.3) is 0 Å². The number of anilines is 1. The second kappa shape index (κ2) is 5.01. The summed E-state index contributed by atoms with van der Waals surface area (Å²) in [6.45, 7) is 3.13. The Bertz CT molecular complexity index is 398. The van der Waals surface area contributed by atoms with Crippen LogP contribution in [0.1, 0.15) is 19.8 Å². The van der Waals surface area contributed by atoms with Gasteiger partial charge in [0.05, 0.1) is 13.2 Å². The van der Waals surface area contributed by atoms with Gasteiger partial charge in [-0.15, -0.1) is 0 Å². The van der Waals surface area contributed by atoms with E-state index in [-0.39, 0.29) is 23.3 Å². The summed E-state index contributed by atoms with van der Waals surface area (Å²) in [4.78, 5) is 11.9. The topological polar surface area (TPSA) is 80.2 Å². The molecule has 0 atom stereocenters. The molecule has 2 rings (SSSR count). The molecule has 0 unspecified atom stereocenters. The van der Waals surface area contributed by atoms with Gasteiger partial charge in [0.2, 0.25) is 11.2 Å². The third-order valence-electron chi connectivity index (χ3n) is 2.78. The molecule has 0 aromatic carbocycles. The smallest absolute Gasteiger partial charge is 0.322 e. The van der Waals surface area contributed by atoms with E-state index in [4.69, 9.17) is 16.3 Å². The van der Waals surface area contributed by atoms with Crippen molar-refractivity contribution in [3.05, 3.63) is 5.28 Å². The van der Waals surface area contributed by atoms with Crippen molar-refractivity contribution in [2.45, 2.75) is 19.8 Å². The molecule has 17 heavy (non-hydrogen) atoms. The SMILES string of the molecule is CCOc1nc(Cl)nc(NCC2(CO)CC2)n1. The van der Waals surface area contributed by atoms with Gasteiger partial charge in [0.15, 0.2) is 0 Å². The zero-order chi connectivity index (χ0) is 12.3. The van der Waals surface area contributed by atoms with E-state index in [1.54, 1.807) is 0 Å².